The Labute approximate surface area is 183 Å². The van der Waals surface area contributed by atoms with Crippen molar-refractivity contribution in [2.75, 3.05) is 25.4 Å². The van der Waals surface area contributed by atoms with E-state index in [9.17, 15) is 9.00 Å². The zero-order valence-corrected chi connectivity index (χ0v) is 20.4. The van der Waals surface area contributed by atoms with Gasteiger partial charge in [-0.2, -0.15) is 0 Å². The Bertz CT molecular complexity index is 497. The van der Waals surface area contributed by atoms with Gasteiger partial charge in [-0.3, -0.25) is 9.20 Å². The average molecular weight is 516 g/mol. The van der Waals surface area contributed by atoms with Gasteiger partial charge in [-0.05, 0) is 47.0 Å². The molecule has 3 N–H and O–H groups in total. The molecule has 0 radical (unpaired) electrons. The molecule has 1 aliphatic rings. The fourth-order valence-electron chi connectivity index (χ4n) is 2.90. The molecule has 1 amide bonds. The number of halogens is 1. The first kappa shape index (κ1) is 26.4. The van der Waals surface area contributed by atoms with Crippen molar-refractivity contribution in [2.24, 2.45) is 4.99 Å². The lowest BCUT2D eigenvalue weighted by atomic mass is 9.95. The second-order valence-corrected chi connectivity index (χ2v) is 9.49. The maximum absolute atomic E-state index is 12.1. The van der Waals surface area contributed by atoms with Crippen LogP contribution in [0.4, 0.5) is 4.79 Å². The lowest BCUT2D eigenvalue weighted by Crippen LogP contribution is -2.47. The van der Waals surface area contributed by atoms with Gasteiger partial charge in [0.1, 0.15) is 5.60 Å². The minimum absolute atomic E-state index is 0. The van der Waals surface area contributed by atoms with Gasteiger partial charge in [-0.25, -0.2) is 4.79 Å². The van der Waals surface area contributed by atoms with Crippen LogP contribution in [0.25, 0.3) is 0 Å². The topological polar surface area (TPSA) is 91.8 Å². The third-order valence-electron chi connectivity index (χ3n) is 4.02. The van der Waals surface area contributed by atoms with Crippen molar-refractivity contribution in [1.82, 2.24) is 16.0 Å². The highest BCUT2D eigenvalue weighted by atomic mass is 127. The molecule has 0 spiro atoms. The van der Waals surface area contributed by atoms with E-state index in [-0.39, 0.29) is 29.2 Å². The first-order valence-electron chi connectivity index (χ1n) is 9.64. The largest absolute Gasteiger partial charge is 0.444 e. The van der Waals surface area contributed by atoms with Gasteiger partial charge in [0.15, 0.2) is 5.96 Å². The molecular weight excluding hydrogens is 479 g/mol. The highest BCUT2D eigenvalue weighted by Gasteiger charge is 2.26. The molecule has 1 aliphatic carbocycles. The summed E-state index contributed by atoms with van der Waals surface area (Å²) in [7, 11) is -0.735. The third-order valence-corrected chi connectivity index (χ3v) is 5.76. The molecule has 0 saturated heterocycles. The monoisotopic (exact) mass is 516 g/mol. The van der Waals surface area contributed by atoms with Crippen LogP contribution in [0.3, 0.4) is 0 Å². The molecular formula is C18H37IN4O3S. The second-order valence-electron chi connectivity index (χ2n) is 7.49. The zero-order chi connectivity index (χ0) is 19.6. The van der Waals surface area contributed by atoms with Crippen molar-refractivity contribution in [2.45, 2.75) is 77.2 Å². The summed E-state index contributed by atoms with van der Waals surface area (Å²) < 4.78 is 17.3. The molecule has 7 nitrogen and oxygen atoms in total. The Morgan fingerprint density at radius 1 is 1.22 bits per heavy atom. The van der Waals surface area contributed by atoms with Crippen LogP contribution < -0.4 is 16.0 Å². The quantitative estimate of drug-likeness (QED) is 0.210. The Balaban J connectivity index is 0.00000676. The number of nitrogens with one attached hydrogen (secondary N) is 3. The molecule has 9 heteroatoms. The number of carbonyl (C=O) groups excluding carboxylic acids is 1. The van der Waals surface area contributed by atoms with Crippen LogP contribution in [0, 0.1) is 0 Å². The van der Waals surface area contributed by atoms with Crippen LogP contribution in [-0.4, -0.2) is 58.5 Å². The van der Waals surface area contributed by atoms with Crippen molar-refractivity contribution < 1.29 is 13.7 Å². The van der Waals surface area contributed by atoms with Crippen LogP contribution in [-0.2, 0) is 15.5 Å². The molecule has 1 rings (SSSR count). The Kier molecular flexibility index (Phi) is 13.3. The van der Waals surface area contributed by atoms with Crippen LogP contribution in [0.1, 0.15) is 60.3 Å². The van der Waals surface area contributed by atoms with Crippen LogP contribution in [0.2, 0.25) is 0 Å². The van der Waals surface area contributed by atoms with Crippen molar-refractivity contribution in [3.8, 4) is 0 Å². The number of aliphatic imine (C=N–C) groups is 1. The molecule has 0 aromatic carbocycles. The smallest absolute Gasteiger partial charge is 0.407 e. The van der Waals surface area contributed by atoms with E-state index >= 15 is 0 Å². The van der Waals surface area contributed by atoms with Crippen molar-refractivity contribution in [1.29, 1.82) is 0 Å². The number of amides is 1. The molecule has 3 unspecified atom stereocenters. The number of hydrogen-bond acceptors (Lipinski definition) is 4. The highest BCUT2D eigenvalue weighted by Crippen LogP contribution is 2.22. The van der Waals surface area contributed by atoms with E-state index < -0.39 is 22.5 Å². The maximum atomic E-state index is 12.1. The number of hydrogen-bond donors (Lipinski definition) is 3. The van der Waals surface area contributed by atoms with Gasteiger partial charge in [-0.1, -0.05) is 13.3 Å². The standard InChI is InChI=1S/C18H36N4O3S.HI/c1-6-19-16(20-11-12-21-17(23)25-18(3,4)5)22-14-9-8-10-15(13-14)26(24)7-2;/h14-15H,6-13H2,1-5H3,(H,21,23)(H2,19,20,22);1H. The number of alkyl carbamates (subject to hydrolysis) is 1. The molecule has 0 bridgehead atoms. The van der Waals surface area contributed by atoms with E-state index in [1.54, 1.807) is 0 Å². The van der Waals surface area contributed by atoms with Gasteiger partial charge in [0.25, 0.3) is 0 Å². The van der Waals surface area contributed by atoms with Crippen LogP contribution in [0.15, 0.2) is 4.99 Å². The lowest BCUT2D eigenvalue weighted by Gasteiger charge is -2.30. The predicted molar refractivity (Wildman–Crippen MR) is 123 cm³/mol. The van der Waals surface area contributed by atoms with Crippen molar-refractivity contribution in [3.05, 3.63) is 0 Å². The van der Waals surface area contributed by atoms with Gasteiger partial charge in [0.2, 0.25) is 0 Å². The van der Waals surface area contributed by atoms with Gasteiger partial charge in [0.05, 0.1) is 6.54 Å². The van der Waals surface area contributed by atoms with Gasteiger partial charge in [0, 0.05) is 40.9 Å². The molecule has 0 heterocycles. The first-order valence-corrected chi connectivity index (χ1v) is 11.0. The average Bonchev–Trinajstić information content (AvgIpc) is 2.56. The van der Waals surface area contributed by atoms with Gasteiger partial charge >= 0.3 is 6.09 Å². The lowest BCUT2D eigenvalue weighted by molar-refractivity contribution is 0.0529. The van der Waals surface area contributed by atoms with Crippen molar-refractivity contribution in [3.63, 3.8) is 0 Å². The Morgan fingerprint density at radius 3 is 2.52 bits per heavy atom. The highest BCUT2D eigenvalue weighted by molar-refractivity contribution is 14.0. The number of carbonyl (C=O) groups is 1. The van der Waals surface area contributed by atoms with E-state index in [2.05, 4.69) is 20.9 Å². The summed E-state index contributed by atoms with van der Waals surface area (Å²) in [5.41, 5.74) is -0.500. The summed E-state index contributed by atoms with van der Waals surface area (Å²) in [6, 6.07) is 0.292. The summed E-state index contributed by atoms with van der Waals surface area (Å²) in [5, 5.41) is 9.67. The van der Waals surface area contributed by atoms with Gasteiger partial charge in [-0.15, -0.1) is 24.0 Å². The SMILES string of the molecule is CCNC(=NCCNC(=O)OC(C)(C)C)NC1CCCC(S(=O)CC)C1.I. The Morgan fingerprint density at radius 2 is 1.93 bits per heavy atom. The summed E-state index contributed by atoms with van der Waals surface area (Å²) >= 11 is 0. The second kappa shape index (κ2) is 13.6. The third kappa shape index (κ3) is 11.8. The summed E-state index contributed by atoms with van der Waals surface area (Å²) in [6.45, 7) is 11.2. The normalized spacial score (nSPS) is 21.6. The van der Waals surface area contributed by atoms with E-state index in [0.29, 0.717) is 19.1 Å². The molecule has 0 aliphatic heterocycles. The van der Waals surface area contributed by atoms with Crippen LogP contribution >= 0.6 is 24.0 Å². The van der Waals surface area contributed by atoms with Crippen LogP contribution in [0.5, 0.6) is 0 Å². The Hall–Kier alpha value is -0.580. The molecule has 160 valence electrons. The summed E-state index contributed by atoms with van der Waals surface area (Å²) in [6.07, 6.45) is 3.70. The number of ether oxygens (including phenoxy) is 1. The molecule has 0 aromatic rings. The minimum atomic E-state index is -0.735. The molecule has 0 aromatic heterocycles. The van der Waals surface area contributed by atoms with E-state index in [1.165, 1.54) is 0 Å². The van der Waals surface area contributed by atoms with E-state index in [1.807, 2.05) is 34.6 Å². The molecule has 27 heavy (non-hydrogen) atoms. The van der Waals surface area contributed by atoms with E-state index in [0.717, 1.165) is 43.9 Å². The number of guanidine groups is 1. The predicted octanol–water partition coefficient (Wildman–Crippen LogP) is 2.76. The molecule has 1 fully saturated rings. The van der Waals surface area contributed by atoms with Gasteiger partial charge < -0.3 is 20.7 Å². The summed E-state index contributed by atoms with van der Waals surface area (Å²) in [4.78, 5) is 16.1. The fraction of sp³-hybridized carbons (Fsp3) is 0.889. The number of nitrogens with zero attached hydrogens (tertiary/aromatic N) is 1. The fourth-order valence-corrected chi connectivity index (χ4v) is 4.25. The molecule has 3 atom stereocenters. The maximum Gasteiger partial charge on any atom is 0.407 e. The minimum Gasteiger partial charge on any atom is -0.444 e. The zero-order valence-electron chi connectivity index (χ0n) is 17.3. The number of rotatable bonds is 7. The van der Waals surface area contributed by atoms with E-state index in [4.69, 9.17) is 4.74 Å². The summed E-state index contributed by atoms with van der Waals surface area (Å²) in [5.74, 6) is 1.47. The first-order chi connectivity index (χ1) is 12.2. The molecule has 1 saturated carbocycles. The van der Waals surface area contributed by atoms with Crippen molar-refractivity contribution >= 4 is 46.8 Å².